The standard InChI is InChI=1S/C30H36N6O5/c1-2-31-30(39)35-27-24-28(33-16-32-27)36(17-34-24)22-15-20(13-12-19-9-6-10-21(19)29(37)38)25-26(22)41-23(40-25)14-11-18-7-4-3-5-8-18/h3-5,7-8,11,14,16-17,19-23,25-26H,2,6,9-10,12-13,15H2,1H3,(H,37,38)(H2,31,32,33,35,39)/b14-11+/t19?,20?,21?,22?,23-,25?,26?/m0/s1. The summed E-state index contributed by atoms with van der Waals surface area (Å²) in [6.45, 7) is 2.34. The van der Waals surface area contributed by atoms with Gasteiger partial charge in [-0.15, -0.1) is 0 Å². The molecule has 6 unspecified atom stereocenters. The fourth-order valence-electron chi connectivity index (χ4n) is 6.80. The van der Waals surface area contributed by atoms with Crippen LogP contribution >= 0.6 is 0 Å². The molecule has 2 aromatic heterocycles. The molecule has 11 heteroatoms. The molecule has 1 aliphatic heterocycles. The zero-order valence-electron chi connectivity index (χ0n) is 23.1. The predicted molar refractivity (Wildman–Crippen MR) is 152 cm³/mol. The Morgan fingerprint density at radius 2 is 1.88 bits per heavy atom. The van der Waals surface area contributed by atoms with Gasteiger partial charge >= 0.3 is 12.0 Å². The molecular weight excluding hydrogens is 524 g/mol. The van der Waals surface area contributed by atoms with Gasteiger partial charge in [0.1, 0.15) is 12.4 Å². The SMILES string of the molecule is CCNC(=O)Nc1ncnc2c1ncn2C1CC(CCC2CCCC2C(=O)O)C2O[C@H](/C=C/c3ccccc3)OC21. The number of rotatable bonds is 9. The summed E-state index contributed by atoms with van der Waals surface area (Å²) < 4.78 is 15.0. The lowest BCUT2D eigenvalue weighted by Gasteiger charge is -2.21. The Morgan fingerprint density at radius 1 is 1.07 bits per heavy atom. The highest BCUT2D eigenvalue weighted by Gasteiger charge is 2.52. The molecule has 0 radical (unpaired) electrons. The number of carbonyl (C=O) groups excluding carboxylic acids is 1. The van der Waals surface area contributed by atoms with Crippen LogP contribution in [0.3, 0.4) is 0 Å². The molecule has 3 N–H and O–H groups in total. The quantitative estimate of drug-likeness (QED) is 0.344. The van der Waals surface area contributed by atoms with Crippen molar-refractivity contribution >= 4 is 35.1 Å². The number of benzene rings is 1. The Hall–Kier alpha value is -3.83. The minimum Gasteiger partial charge on any atom is -0.481 e. The molecular formula is C30H36N6O5. The Labute approximate surface area is 238 Å². The van der Waals surface area contributed by atoms with Crippen LogP contribution in [0.4, 0.5) is 10.6 Å². The summed E-state index contributed by atoms with van der Waals surface area (Å²) in [4.78, 5) is 37.3. The molecule has 41 heavy (non-hydrogen) atoms. The monoisotopic (exact) mass is 560 g/mol. The summed E-state index contributed by atoms with van der Waals surface area (Å²) in [5.74, 6) is -0.189. The molecule has 3 aromatic rings. The summed E-state index contributed by atoms with van der Waals surface area (Å²) in [6, 6.07) is 9.58. The summed E-state index contributed by atoms with van der Waals surface area (Å²) in [5, 5.41) is 15.1. The Balaban J connectivity index is 1.25. The van der Waals surface area contributed by atoms with Crippen molar-refractivity contribution < 1.29 is 24.2 Å². The van der Waals surface area contributed by atoms with Gasteiger partial charge in [-0.1, -0.05) is 42.8 Å². The van der Waals surface area contributed by atoms with Gasteiger partial charge in [-0.2, -0.15) is 0 Å². The van der Waals surface area contributed by atoms with E-state index >= 15 is 0 Å². The van der Waals surface area contributed by atoms with E-state index in [2.05, 4.69) is 25.6 Å². The van der Waals surface area contributed by atoms with Crippen LogP contribution in [0, 0.1) is 17.8 Å². The highest BCUT2D eigenvalue weighted by Crippen LogP contribution is 2.48. The van der Waals surface area contributed by atoms with E-state index in [9.17, 15) is 14.7 Å². The average Bonchev–Trinajstić information content (AvgIpc) is 3.75. The van der Waals surface area contributed by atoms with E-state index in [1.807, 2.05) is 54.0 Å². The highest BCUT2D eigenvalue weighted by atomic mass is 16.7. The molecule has 0 spiro atoms. The number of amides is 2. The van der Waals surface area contributed by atoms with E-state index in [4.69, 9.17) is 9.47 Å². The van der Waals surface area contributed by atoms with Crippen LogP contribution in [0.25, 0.3) is 17.2 Å². The first-order chi connectivity index (χ1) is 20.0. The number of hydrogen-bond donors (Lipinski definition) is 3. The van der Waals surface area contributed by atoms with Crippen LogP contribution in [0.5, 0.6) is 0 Å². The summed E-state index contributed by atoms with van der Waals surface area (Å²) in [6.07, 6.45) is 11.5. The molecule has 3 heterocycles. The molecule has 7 atom stereocenters. The second-order valence-electron chi connectivity index (χ2n) is 11.1. The van der Waals surface area contributed by atoms with Crippen molar-refractivity contribution in [3.8, 4) is 0 Å². The largest absolute Gasteiger partial charge is 0.481 e. The van der Waals surface area contributed by atoms with E-state index in [1.165, 1.54) is 6.33 Å². The smallest absolute Gasteiger partial charge is 0.320 e. The minimum atomic E-state index is -0.678. The molecule has 2 aliphatic carbocycles. The molecule has 2 amide bonds. The van der Waals surface area contributed by atoms with Crippen LogP contribution in [-0.2, 0) is 14.3 Å². The van der Waals surface area contributed by atoms with Crippen LogP contribution < -0.4 is 10.6 Å². The maximum Gasteiger partial charge on any atom is 0.320 e. The number of imidazole rings is 1. The number of fused-ring (bicyclic) bond motifs is 2. The van der Waals surface area contributed by atoms with Gasteiger partial charge in [0, 0.05) is 6.54 Å². The van der Waals surface area contributed by atoms with Crippen molar-refractivity contribution in [2.24, 2.45) is 17.8 Å². The summed E-state index contributed by atoms with van der Waals surface area (Å²) in [7, 11) is 0. The molecule has 11 nitrogen and oxygen atoms in total. The van der Waals surface area contributed by atoms with Crippen molar-refractivity contribution in [2.45, 2.75) is 70.0 Å². The number of carbonyl (C=O) groups is 2. The van der Waals surface area contributed by atoms with Gasteiger partial charge < -0.3 is 24.5 Å². The lowest BCUT2D eigenvalue weighted by atomic mass is 9.87. The number of anilines is 1. The Morgan fingerprint density at radius 3 is 2.68 bits per heavy atom. The normalized spacial score (nSPS) is 29.2. The molecule has 1 aromatic carbocycles. The number of hydrogen-bond acceptors (Lipinski definition) is 7. The minimum absolute atomic E-state index is 0.0869. The van der Waals surface area contributed by atoms with Crippen LogP contribution in [0.2, 0.25) is 0 Å². The van der Waals surface area contributed by atoms with Gasteiger partial charge in [-0.3, -0.25) is 10.1 Å². The fourth-order valence-corrected chi connectivity index (χ4v) is 6.80. The third-order valence-electron chi connectivity index (χ3n) is 8.71. The van der Waals surface area contributed by atoms with E-state index < -0.39 is 12.3 Å². The molecule has 1 saturated heterocycles. The van der Waals surface area contributed by atoms with E-state index in [-0.39, 0.29) is 42.0 Å². The van der Waals surface area contributed by atoms with E-state index in [1.54, 1.807) is 6.33 Å². The van der Waals surface area contributed by atoms with Crippen molar-refractivity contribution in [3.05, 3.63) is 54.6 Å². The molecule has 3 aliphatic rings. The fraction of sp³-hybridized carbons (Fsp3) is 0.500. The van der Waals surface area contributed by atoms with Gasteiger partial charge in [0.15, 0.2) is 23.3 Å². The maximum atomic E-state index is 12.2. The van der Waals surface area contributed by atoms with E-state index in [0.29, 0.717) is 23.5 Å². The lowest BCUT2D eigenvalue weighted by molar-refractivity contribution is -0.143. The maximum absolute atomic E-state index is 12.2. The van der Waals surface area contributed by atoms with Gasteiger partial charge in [0.25, 0.3) is 0 Å². The predicted octanol–water partition coefficient (Wildman–Crippen LogP) is 4.63. The highest BCUT2D eigenvalue weighted by molar-refractivity contribution is 5.95. The molecule has 2 saturated carbocycles. The zero-order chi connectivity index (χ0) is 28.3. The second kappa shape index (κ2) is 12.0. The first-order valence-corrected chi connectivity index (χ1v) is 14.5. The number of aliphatic carboxylic acids is 1. The molecule has 0 bridgehead atoms. The number of urea groups is 1. The van der Waals surface area contributed by atoms with Crippen LogP contribution in [0.15, 0.2) is 49.1 Å². The molecule has 216 valence electrons. The number of nitrogens with zero attached hydrogens (tertiary/aromatic N) is 4. The van der Waals surface area contributed by atoms with Gasteiger partial charge in [-0.05, 0) is 62.5 Å². The average molecular weight is 561 g/mol. The van der Waals surface area contributed by atoms with Gasteiger partial charge in [0.2, 0.25) is 0 Å². The van der Waals surface area contributed by atoms with Crippen molar-refractivity contribution in [1.82, 2.24) is 24.8 Å². The number of nitrogens with one attached hydrogen (secondary N) is 2. The van der Waals surface area contributed by atoms with Crippen molar-refractivity contribution in [2.75, 3.05) is 11.9 Å². The number of aromatic nitrogens is 4. The van der Waals surface area contributed by atoms with Crippen LogP contribution in [0.1, 0.15) is 57.1 Å². The lowest BCUT2D eigenvalue weighted by Crippen LogP contribution is -2.28. The summed E-state index contributed by atoms with van der Waals surface area (Å²) >= 11 is 0. The topological polar surface area (TPSA) is 140 Å². The first kappa shape index (κ1) is 27.3. The summed E-state index contributed by atoms with van der Waals surface area (Å²) in [5.41, 5.74) is 2.19. The van der Waals surface area contributed by atoms with E-state index in [0.717, 1.165) is 44.1 Å². The Bertz CT molecular complexity index is 1410. The third kappa shape index (κ3) is 5.69. The Kier molecular flexibility index (Phi) is 7.97. The van der Waals surface area contributed by atoms with Gasteiger partial charge in [0.05, 0.1) is 24.4 Å². The molecule has 6 rings (SSSR count). The van der Waals surface area contributed by atoms with Gasteiger partial charge in [-0.25, -0.2) is 19.7 Å². The zero-order valence-corrected chi connectivity index (χ0v) is 23.1. The number of carboxylic acid groups (broad SMARTS) is 1. The first-order valence-electron chi connectivity index (χ1n) is 14.5. The number of ether oxygens (including phenoxy) is 2. The second-order valence-corrected chi connectivity index (χ2v) is 11.1. The number of carboxylic acids is 1. The molecule has 3 fully saturated rings. The third-order valence-corrected chi connectivity index (χ3v) is 8.71. The van der Waals surface area contributed by atoms with Crippen molar-refractivity contribution in [1.29, 1.82) is 0 Å². The van der Waals surface area contributed by atoms with Crippen molar-refractivity contribution in [3.63, 3.8) is 0 Å². The van der Waals surface area contributed by atoms with Crippen LogP contribution in [-0.4, -0.2) is 61.7 Å².